The standard InChI is InChI=1S/C36H62N2O9.C34H58N2O9/c1-13-26(39)19-43-35(9)17-20(3)18-37-25(8)27-16-30(40)47-36(27,10)29(14-2)45-33(42)24(7)31(41)23(6)32(35)46-34-22(5)28(38(11)12)15-21(4)44-34;1-12-27-34(9)25(16-28(38)45-34)24(7)35-18-19(2)17-33(8,41-14-13-37)30(22(5)29(39)23(6)31(40)43-27)44-32-21(4)26(36(10)11)15-20(3)42-32/h13,20-29,32,34,37,39H,1,14-19H2,2-12H3;13,19-27,30,32,35H,12,14-18H2,1-11H3/t20-,21?,22?,23+,24-,25-,26?,27-,28?,29-,32-,34?,35-,36+;19-,20?,21?,22+,23-,24-,25-,26?,27-,30-,32?,33-,34+/m11/s1. The highest BCUT2D eigenvalue weighted by Gasteiger charge is 2.58. The van der Waals surface area contributed by atoms with Crippen molar-refractivity contribution in [3.8, 4) is 0 Å². The first kappa shape index (κ1) is 78.9. The Morgan fingerprint density at radius 2 is 0.978 bits per heavy atom. The SMILES string of the molecule is C=CC(O)CO[C@]1(C)C[C@@H](C)CN[C@H](C)[C@H]2CC(=O)O[C@]2(C)[C@@H](CC)OC(=O)[C@H](C)C(=O)[C@H](C)[C@H]1OC1OC(C)CC(N(C)C)C1C.CC[C@H]1OC(=O)[C@H](C)C(=O)[C@H](C)[C@@H](OC2OC(C)CC(N(C)C)C2C)[C@](C)(OCC=O)C[C@@H](C)CN[C@H](C)[C@H]2CC(=O)O[C@@]21C. The second-order valence-corrected chi connectivity index (χ2v) is 29.7. The molecule has 0 saturated carbocycles. The molecule has 3 N–H and O–H groups in total. The van der Waals surface area contributed by atoms with E-state index in [4.69, 9.17) is 47.4 Å². The molecule has 6 aliphatic heterocycles. The number of nitrogens with one attached hydrogen (secondary N) is 2. The number of Topliss-reactive ketones (excluding diaryl/α,β-unsaturated/α-hetero) is 2. The van der Waals surface area contributed by atoms with Crippen LogP contribution in [0.3, 0.4) is 0 Å². The van der Waals surface area contributed by atoms with Crippen molar-refractivity contribution >= 4 is 41.7 Å². The van der Waals surface area contributed by atoms with Crippen LogP contribution >= 0.6 is 0 Å². The zero-order valence-electron chi connectivity index (χ0n) is 59.9. The molecule has 6 rings (SSSR count). The Hall–Kier alpha value is -3.81. The third-order valence-electron chi connectivity index (χ3n) is 21.5. The molecular weight excluding hydrogens is 1180 g/mol. The average Bonchev–Trinajstić information content (AvgIpc) is 1.46. The highest BCUT2D eigenvalue weighted by atomic mass is 16.7. The number of hydrogen-bond donors (Lipinski definition) is 3. The summed E-state index contributed by atoms with van der Waals surface area (Å²) < 4.78 is 63.0. The zero-order valence-corrected chi connectivity index (χ0v) is 59.9. The summed E-state index contributed by atoms with van der Waals surface area (Å²) in [5.74, 6) is -7.14. The smallest absolute Gasteiger partial charge is 0.316 e. The highest BCUT2D eigenvalue weighted by molar-refractivity contribution is 6.00. The van der Waals surface area contributed by atoms with Crippen molar-refractivity contribution in [1.82, 2.24) is 20.4 Å². The second-order valence-electron chi connectivity index (χ2n) is 29.7. The molecule has 0 aromatic carbocycles. The van der Waals surface area contributed by atoms with E-state index in [1.165, 1.54) is 6.08 Å². The third-order valence-corrected chi connectivity index (χ3v) is 21.5. The fourth-order valence-corrected chi connectivity index (χ4v) is 16.0. The van der Waals surface area contributed by atoms with Crippen LogP contribution in [0.5, 0.6) is 0 Å². The fourth-order valence-electron chi connectivity index (χ4n) is 16.0. The molecule has 22 heteroatoms. The Morgan fingerprint density at radius 3 is 1.32 bits per heavy atom. The minimum absolute atomic E-state index is 0.0153. The van der Waals surface area contributed by atoms with Crippen LogP contribution in [0.15, 0.2) is 12.7 Å². The Balaban J connectivity index is 0.000000334. The molecule has 6 heterocycles. The molecule has 6 aliphatic rings. The second kappa shape index (κ2) is 33.4. The summed E-state index contributed by atoms with van der Waals surface area (Å²) in [6, 6.07) is 0.0853. The van der Waals surface area contributed by atoms with Gasteiger partial charge in [-0.25, -0.2) is 0 Å². The van der Waals surface area contributed by atoms with Gasteiger partial charge < -0.3 is 77.7 Å². The van der Waals surface area contributed by atoms with Crippen LogP contribution in [0.2, 0.25) is 0 Å². The van der Waals surface area contributed by atoms with Crippen LogP contribution in [0.4, 0.5) is 0 Å². The number of aliphatic hydroxyl groups is 1. The summed E-state index contributed by atoms with van der Waals surface area (Å²) in [6.07, 6.45) is 0.398. The zero-order chi connectivity index (χ0) is 69.3. The molecule has 528 valence electrons. The number of aldehydes is 1. The minimum Gasteiger partial charge on any atom is -0.458 e. The highest BCUT2D eigenvalue weighted by Crippen LogP contribution is 2.45. The van der Waals surface area contributed by atoms with E-state index in [0.717, 1.165) is 12.8 Å². The lowest BCUT2D eigenvalue weighted by Gasteiger charge is -2.48. The lowest BCUT2D eigenvalue weighted by atomic mass is 9.78. The average molecular weight is 1310 g/mol. The molecule has 6 saturated heterocycles. The molecule has 0 bridgehead atoms. The molecule has 27 atom stereocenters. The summed E-state index contributed by atoms with van der Waals surface area (Å²) in [6.45, 7) is 38.8. The topological polar surface area (TPSA) is 263 Å². The van der Waals surface area contributed by atoms with Gasteiger partial charge in [0.05, 0.1) is 61.2 Å². The molecule has 92 heavy (non-hydrogen) atoms. The molecule has 22 nitrogen and oxygen atoms in total. The Morgan fingerprint density at radius 1 is 0.609 bits per heavy atom. The van der Waals surface area contributed by atoms with Gasteiger partial charge in [-0.15, -0.1) is 6.58 Å². The van der Waals surface area contributed by atoms with E-state index in [9.17, 15) is 38.7 Å². The number of carbonyl (C=O) groups is 7. The van der Waals surface area contributed by atoms with E-state index in [1.807, 2.05) is 97.4 Å². The maximum Gasteiger partial charge on any atom is 0.316 e. The quantitative estimate of drug-likeness (QED) is 0.0473. The molecular formula is C70H120N4O18. The van der Waals surface area contributed by atoms with E-state index < -0.39 is 101 Å². The summed E-state index contributed by atoms with van der Waals surface area (Å²) in [5.41, 5.74) is -4.27. The number of carbonyl (C=O) groups excluding carboxylic acids is 7. The largest absolute Gasteiger partial charge is 0.458 e. The van der Waals surface area contributed by atoms with Crippen LogP contribution in [-0.2, 0) is 80.9 Å². The van der Waals surface area contributed by atoms with Crippen LogP contribution in [0.1, 0.15) is 176 Å². The number of esters is 4. The molecule has 9 unspecified atom stereocenters. The fraction of sp³-hybridized carbons (Fsp3) is 0.871. The Labute approximate surface area is 550 Å². The van der Waals surface area contributed by atoms with Gasteiger partial charge in [0.2, 0.25) is 0 Å². The molecule has 0 aromatic rings. The molecule has 6 fully saturated rings. The van der Waals surface area contributed by atoms with Crippen LogP contribution in [0, 0.1) is 59.2 Å². The van der Waals surface area contributed by atoms with Crippen LogP contribution < -0.4 is 10.6 Å². The van der Waals surface area contributed by atoms with Crippen molar-refractivity contribution < 1.29 is 86.0 Å². The molecule has 0 aromatic heterocycles. The maximum absolute atomic E-state index is 14.3. The number of ether oxygens (including phenoxy) is 10. The number of rotatable bonds is 15. The maximum atomic E-state index is 14.3. The van der Waals surface area contributed by atoms with Crippen molar-refractivity contribution in [2.75, 3.05) is 54.5 Å². The third kappa shape index (κ3) is 18.6. The monoisotopic (exact) mass is 1300 g/mol. The summed E-state index contributed by atoms with van der Waals surface area (Å²) in [4.78, 5) is 96.9. The van der Waals surface area contributed by atoms with Crippen molar-refractivity contribution in [2.24, 2.45) is 59.2 Å². The normalized spacial score (nSPS) is 43.7. The number of ketones is 2. The molecule has 0 radical (unpaired) electrons. The van der Waals surface area contributed by atoms with Gasteiger partial charge in [-0.05, 0) is 161 Å². The van der Waals surface area contributed by atoms with Gasteiger partial charge in [-0.3, -0.25) is 28.8 Å². The predicted molar refractivity (Wildman–Crippen MR) is 347 cm³/mol. The van der Waals surface area contributed by atoms with E-state index in [2.05, 4.69) is 54.7 Å². The Kier molecular flexibility index (Phi) is 28.7. The van der Waals surface area contributed by atoms with Gasteiger partial charge in [-0.1, -0.05) is 61.5 Å². The minimum atomic E-state index is -1.12. The summed E-state index contributed by atoms with van der Waals surface area (Å²) in [5, 5.41) is 17.7. The van der Waals surface area contributed by atoms with E-state index >= 15 is 0 Å². The van der Waals surface area contributed by atoms with Gasteiger partial charge in [0.25, 0.3) is 0 Å². The van der Waals surface area contributed by atoms with Crippen molar-refractivity contribution in [1.29, 1.82) is 0 Å². The molecule has 0 spiro atoms. The summed E-state index contributed by atoms with van der Waals surface area (Å²) >= 11 is 0. The lowest BCUT2D eigenvalue weighted by molar-refractivity contribution is -0.284. The van der Waals surface area contributed by atoms with Crippen molar-refractivity contribution in [3.63, 3.8) is 0 Å². The predicted octanol–water partition coefficient (Wildman–Crippen LogP) is 7.45. The van der Waals surface area contributed by atoms with Gasteiger partial charge in [0.1, 0.15) is 36.9 Å². The first-order valence-electron chi connectivity index (χ1n) is 34.2. The number of fused-ring (bicyclic) bond motifs is 2. The van der Waals surface area contributed by atoms with Gasteiger partial charge in [-0.2, -0.15) is 0 Å². The first-order valence-corrected chi connectivity index (χ1v) is 34.2. The van der Waals surface area contributed by atoms with Gasteiger partial charge in [0.15, 0.2) is 35.3 Å². The molecule has 0 amide bonds. The first-order chi connectivity index (χ1) is 42.9. The van der Waals surface area contributed by atoms with Crippen LogP contribution in [0.25, 0.3) is 0 Å². The van der Waals surface area contributed by atoms with Gasteiger partial charge in [0, 0.05) is 59.7 Å². The van der Waals surface area contributed by atoms with Crippen molar-refractivity contribution in [2.45, 2.75) is 278 Å². The van der Waals surface area contributed by atoms with Crippen LogP contribution in [-0.4, -0.2) is 213 Å². The Bertz CT molecular complexity index is 2490. The van der Waals surface area contributed by atoms with E-state index in [-0.39, 0.29) is 121 Å². The number of aliphatic hydroxyl groups excluding tert-OH is 1. The molecule has 0 aliphatic carbocycles. The van der Waals surface area contributed by atoms with E-state index in [0.29, 0.717) is 45.1 Å². The van der Waals surface area contributed by atoms with E-state index in [1.54, 1.807) is 27.7 Å². The van der Waals surface area contributed by atoms with Crippen molar-refractivity contribution in [3.05, 3.63) is 12.7 Å². The number of cyclic esters (lactones) is 2. The lowest BCUT2D eigenvalue weighted by Crippen LogP contribution is -2.57. The number of nitrogens with zero attached hydrogens (tertiary/aromatic N) is 2. The number of hydrogen-bond acceptors (Lipinski definition) is 22. The summed E-state index contributed by atoms with van der Waals surface area (Å²) in [7, 11) is 8.15. The van der Waals surface area contributed by atoms with Gasteiger partial charge >= 0.3 is 23.9 Å².